The van der Waals surface area contributed by atoms with Crippen LogP contribution in [0.4, 0.5) is 5.69 Å². The van der Waals surface area contributed by atoms with Crippen LogP contribution in [0.1, 0.15) is 0 Å². The van der Waals surface area contributed by atoms with Crippen molar-refractivity contribution in [3.05, 3.63) is 18.2 Å². The van der Waals surface area contributed by atoms with Gasteiger partial charge >= 0.3 is 0 Å². The molecule has 18 heavy (non-hydrogen) atoms. The average Bonchev–Trinajstić information content (AvgIpc) is 2.78. The van der Waals surface area contributed by atoms with Crippen molar-refractivity contribution in [3.8, 4) is 11.5 Å². The second kappa shape index (κ2) is 5.24. The van der Waals surface area contributed by atoms with Crippen molar-refractivity contribution in [2.75, 3.05) is 25.6 Å². The molecule has 4 N–H and O–H groups in total. The molecule has 1 saturated heterocycles. The summed E-state index contributed by atoms with van der Waals surface area (Å²) in [5.74, 6) is -0.159. The van der Waals surface area contributed by atoms with Gasteiger partial charge in [-0.2, -0.15) is 0 Å². The molecule has 0 spiro atoms. The van der Waals surface area contributed by atoms with Gasteiger partial charge in [-0.1, -0.05) is 0 Å². The van der Waals surface area contributed by atoms with E-state index in [4.69, 9.17) is 15.2 Å². The Morgan fingerprint density at radius 2 is 2.33 bits per heavy atom. The van der Waals surface area contributed by atoms with Crippen molar-refractivity contribution in [2.45, 2.75) is 6.04 Å². The molecule has 98 valence electrons. The quantitative estimate of drug-likeness (QED) is 0.673. The van der Waals surface area contributed by atoms with E-state index in [2.05, 4.69) is 5.32 Å². The zero-order valence-corrected chi connectivity index (χ0v) is 10.1. The first-order valence-corrected chi connectivity index (χ1v) is 5.63. The first kappa shape index (κ1) is 12.7. The summed E-state index contributed by atoms with van der Waals surface area (Å²) in [6.45, 7) is 0.691. The van der Waals surface area contributed by atoms with Crippen LogP contribution >= 0.6 is 0 Å². The van der Waals surface area contributed by atoms with Gasteiger partial charge in [-0.15, -0.1) is 0 Å². The van der Waals surface area contributed by atoms with E-state index in [0.29, 0.717) is 24.7 Å². The number of phenols is 1. The van der Waals surface area contributed by atoms with Crippen LogP contribution < -0.4 is 15.8 Å². The maximum atomic E-state index is 11.9. The average molecular weight is 252 g/mol. The second-order valence-electron chi connectivity index (χ2n) is 4.18. The summed E-state index contributed by atoms with van der Waals surface area (Å²) in [4.78, 5) is 11.9. The molecular formula is C12H16N2O4. The fourth-order valence-corrected chi connectivity index (χ4v) is 1.81. The van der Waals surface area contributed by atoms with Gasteiger partial charge in [0.2, 0.25) is 5.91 Å². The molecule has 0 radical (unpaired) electrons. The lowest BCUT2D eigenvalue weighted by atomic mass is 10.0. The Hall–Kier alpha value is -1.79. The number of nitrogens with one attached hydrogen (secondary N) is 1. The van der Waals surface area contributed by atoms with Crippen LogP contribution in [0.2, 0.25) is 0 Å². The van der Waals surface area contributed by atoms with Crippen molar-refractivity contribution in [1.29, 1.82) is 0 Å². The molecule has 2 rings (SSSR count). The fourth-order valence-electron chi connectivity index (χ4n) is 1.81. The van der Waals surface area contributed by atoms with Gasteiger partial charge in [-0.3, -0.25) is 4.79 Å². The maximum absolute atomic E-state index is 11.9. The summed E-state index contributed by atoms with van der Waals surface area (Å²) in [7, 11) is 1.50. The molecular weight excluding hydrogens is 236 g/mol. The number of methoxy groups -OCH3 is 1. The molecule has 1 aromatic carbocycles. The third-order valence-electron chi connectivity index (χ3n) is 2.92. The monoisotopic (exact) mass is 252 g/mol. The molecule has 1 aromatic rings. The summed E-state index contributed by atoms with van der Waals surface area (Å²) in [5, 5.41) is 12.4. The number of nitrogens with two attached hydrogens (primary N) is 1. The van der Waals surface area contributed by atoms with Crippen molar-refractivity contribution in [1.82, 2.24) is 0 Å². The third kappa shape index (κ3) is 2.55. The first-order chi connectivity index (χ1) is 8.61. The highest BCUT2D eigenvalue weighted by atomic mass is 16.5. The van der Waals surface area contributed by atoms with Gasteiger partial charge in [0.15, 0.2) is 0 Å². The predicted molar refractivity (Wildman–Crippen MR) is 65.6 cm³/mol. The van der Waals surface area contributed by atoms with Crippen LogP contribution in [-0.4, -0.2) is 37.4 Å². The Balaban J connectivity index is 2.07. The van der Waals surface area contributed by atoms with Crippen LogP contribution in [-0.2, 0) is 9.53 Å². The molecule has 6 nitrogen and oxygen atoms in total. The number of hydrogen-bond donors (Lipinski definition) is 3. The lowest BCUT2D eigenvalue weighted by molar-refractivity contribution is -0.120. The number of anilines is 1. The van der Waals surface area contributed by atoms with Gasteiger partial charge in [0, 0.05) is 12.1 Å². The Morgan fingerprint density at radius 1 is 1.56 bits per heavy atom. The number of carbonyl (C=O) groups excluding carboxylic acids is 1. The number of ether oxygens (including phenoxy) is 2. The highest BCUT2D eigenvalue weighted by molar-refractivity contribution is 5.94. The first-order valence-electron chi connectivity index (χ1n) is 5.63. The lowest BCUT2D eigenvalue weighted by Gasteiger charge is -2.14. The second-order valence-corrected chi connectivity index (χ2v) is 4.18. The maximum Gasteiger partial charge on any atom is 0.231 e. The van der Waals surface area contributed by atoms with Crippen LogP contribution in [0, 0.1) is 5.92 Å². The molecule has 1 amide bonds. The normalized spacial score (nSPS) is 22.8. The number of carbonyl (C=O) groups is 1. The zero-order chi connectivity index (χ0) is 13.1. The molecule has 0 saturated carbocycles. The number of aromatic hydroxyl groups is 1. The van der Waals surface area contributed by atoms with Crippen LogP contribution in [0.3, 0.4) is 0 Å². The fraction of sp³-hybridized carbons (Fsp3) is 0.417. The van der Waals surface area contributed by atoms with E-state index < -0.39 is 0 Å². The lowest BCUT2D eigenvalue weighted by Crippen LogP contribution is -2.37. The molecule has 0 aromatic heterocycles. The summed E-state index contributed by atoms with van der Waals surface area (Å²) in [6.07, 6.45) is 0. The standard InChI is InChI=1S/C12H16N2O4/c1-17-7-2-3-10(11(15)4-7)14-12(16)8-5-18-6-9(8)13/h2-4,8-9,15H,5-6,13H2,1H3,(H,14,16). The number of amides is 1. The number of phenolic OH excluding ortho intramolecular Hbond substituents is 1. The zero-order valence-electron chi connectivity index (χ0n) is 10.1. The van der Waals surface area contributed by atoms with Gasteiger partial charge in [0.05, 0.1) is 31.9 Å². The van der Waals surface area contributed by atoms with Crippen molar-refractivity contribution < 1.29 is 19.4 Å². The number of benzene rings is 1. The van der Waals surface area contributed by atoms with E-state index in [-0.39, 0.29) is 23.6 Å². The third-order valence-corrected chi connectivity index (χ3v) is 2.92. The van der Waals surface area contributed by atoms with Crippen LogP contribution in [0.5, 0.6) is 11.5 Å². The molecule has 1 aliphatic rings. The minimum absolute atomic E-state index is 0.0461. The van der Waals surface area contributed by atoms with Gasteiger partial charge in [0.1, 0.15) is 11.5 Å². The SMILES string of the molecule is COc1ccc(NC(=O)C2COCC2N)c(O)c1. The molecule has 2 atom stereocenters. The molecule has 2 unspecified atom stereocenters. The smallest absolute Gasteiger partial charge is 0.231 e. The number of rotatable bonds is 3. The van der Waals surface area contributed by atoms with Crippen molar-refractivity contribution >= 4 is 11.6 Å². The molecule has 1 heterocycles. The molecule has 0 aliphatic carbocycles. The van der Waals surface area contributed by atoms with Crippen molar-refractivity contribution in [3.63, 3.8) is 0 Å². The van der Waals surface area contributed by atoms with E-state index >= 15 is 0 Å². The summed E-state index contributed by atoms with van der Waals surface area (Å²) in [6, 6.07) is 4.36. The van der Waals surface area contributed by atoms with E-state index in [1.165, 1.54) is 13.2 Å². The Kier molecular flexibility index (Phi) is 3.69. The summed E-state index contributed by atoms with van der Waals surface area (Å²) in [5.41, 5.74) is 6.08. The molecule has 1 aliphatic heterocycles. The molecule has 6 heteroatoms. The Labute approximate surface area is 105 Å². The minimum atomic E-state index is -0.383. The predicted octanol–water partition coefficient (Wildman–Crippen LogP) is 0.313. The Morgan fingerprint density at radius 3 is 2.89 bits per heavy atom. The van der Waals surface area contributed by atoms with E-state index in [1.807, 2.05) is 0 Å². The highest BCUT2D eigenvalue weighted by Gasteiger charge is 2.31. The topological polar surface area (TPSA) is 93.8 Å². The molecule has 0 bridgehead atoms. The minimum Gasteiger partial charge on any atom is -0.506 e. The van der Waals surface area contributed by atoms with Crippen LogP contribution in [0.25, 0.3) is 0 Å². The molecule has 1 fully saturated rings. The van der Waals surface area contributed by atoms with E-state index in [1.54, 1.807) is 12.1 Å². The van der Waals surface area contributed by atoms with Gasteiger partial charge in [-0.25, -0.2) is 0 Å². The summed E-state index contributed by atoms with van der Waals surface area (Å²) < 4.78 is 10.1. The summed E-state index contributed by atoms with van der Waals surface area (Å²) >= 11 is 0. The van der Waals surface area contributed by atoms with Gasteiger partial charge in [0.25, 0.3) is 0 Å². The van der Waals surface area contributed by atoms with Crippen LogP contribution in [0.15, 0.2) is 18.2 Å². The van der Waals surface area contributed by atoms with E-state index in [0.717, 1.165) is 0 Å². The Bertz CT molecular complexity index is 450. The largest absolute Gasteiger partial charge is 0.506 e. The van der Waals surface area contributed by atoms with E-state index in [9.17, 15) is 9.90 Å². The number of hydrogen-bond acceptors (Lipinski definition) is 5. The van der Waals surface area contributed by atoms with Gasteiger partial charge < -0.3 is 25.6 Å². The van der Waals surface area contributed by atoms with Crippen molar-refractivity contribution in [2.24, 2.45) is 11.7 Å². The van der Waals surface area contributed by atoms with Gasteiger partial charge in [-0.05, 0) is 12.1 Å². The highest BCUT2D eigenvalue weighted by Crippen LogP contribution is 2.28.